The summed E-state index contributed by atoms with van der Waals surface area (Å²) >= 11 is 0. The molecular formula is C14H24N2O. The van der Waals surface area contributed by atoms with Crippen LogP contribution in [0.1, 0.15) is 12.8 Å². The van der Waals surface area contributed by atoms with Crippen LogP contribution in [-0.2, 0) is 0 Å². The number of aliphatic hydroxyl groups excluding tert-OH is 1. The van der Waals surface area contributed by atoms with Crippen molar-refractivity contribution < 1.29 is 5.11 Å². The van der Waals surface area contributed by atoms with Crippen LogP contribution in [-0.4, -0.2) is 50.3 Å². The number of anilines is 1. The van der Waals surface area contributed by atoms with Crippen molar-refractivity contribution in [3.63, 3.8) is 0 Å². The van der Waals surface area contributed by atoms with Gasteiger partial charge in [-0.15, -0.1) is 0 Å². The number of para-hydroxylation sites is 1. The van der Waals surface area contributed by atoms with E-state index >= 15 is 0 Å². The van der Waals surface area contributed by atoms with E-state index in [0.717, 1.165) is 32.5 Å². The van der Waals surface area contributed by atoms with E-state index in [1.807, 2.05) is 6.07 Å². The highest BCUT2D eigenvalue weighted by Crippen LogP contribution is 2.10. The molecular weight excluding hydrogens is 212 g/mol. The maximum atomic E-state index is 8.72. The molecule has 0 aliphatic heterocycles. The van der Waals surface area contributed by atoms with Gasteiger partial charge in [0, 0.05) is 32.4 Å². The SMILES string of the molecule is CN(CCCCO)CCN(C)c1ccccc1. The Hall–Kier alpha value is -1.06. The lowest BCUT2D eigenvalue weighted by Crippen LogP contribution is -2.31. The molecule has 0 bridgehead atoms. The molecule has 0 radical (unpaired) electrons. The third-order valence-corrected chi connectivity index (χ3v) is 2.96. The van der Waals surface area contributed by atoms with Crippen LogP contribution in [0.4, 0.5) is 5.69 Å². The Morgan fingerprint density at radius 2 is 1.65 bits per heavy atom. The Kier molecular flexibility index (Phi) is 6.67. The van der Waals surface area contributed by atoms with E-state index in [9.17, 15) is 0 Å². The summed E-state index contributed by atoms with van der Waals surface area (Å²) in [7, 11) is 4.26. The minimum atomic E-state index is 0.303. The highest BCUT2D eigenvalue weighted by Gasteiger charge is 2.02. The monoisotopic (exact) mass is 236 g/mol. The van der Waals surface area contributed by atoms with E-state index < -0.39 is 0 Å². The molecule has 3 heteroatoms. The van der Waals surface area contributed by atoms with E-state index in [1.54, 1.807) is 0 Å². The van der Waals surface area contributed by atoms with Crippen molar-refractivity contribution in [3.8, 4) is 0 Å². The van der Waals surface area contributed by atoms with Crippen molar-refractivity contribution in [1.29, 1.82) is 0 Å². The van der Waals surface area contributed by atoms with Gasteiger partial charge in [-0.25, -0.2) is 0 Å². The lowest BCUT2D eigenvalue weighted by atomic mass is 10.3. The average molecular weight is 236 g/mol. The van der Waals surface area contributed by atoms with Crippen molar-refractivity contribution in [2.75, 3.05) is 45.2 Å². The molecule has 17 heavy (non-hydrogen) atoms. The van der Waals surface area contributed by atoms with Gasteiger partial charge in [-0.05, 0) is 38.6 Å². The molecule has 0 aliphatic rings. The topological polar surface area (TPSA) is 26.7 Å². The van der Waals surface area contributed by atoms with Crippen LogP contribution in [0.2, 0.25) is 0 Å². The van der Waals surface area contributed by atoms with Gasteiger partial charge in [0.05, 0.1) is 0 Å². The minimum absolute atomic E-state index is 0.303. The summed E-state index contributed by atoms with van der Waals surface area (Å²) in [4.78, 5) is 4.58. The summed E-state index contributed by atoms with van der Waals surface area (Å²) in [6, 6.07) is 10.4. The Balaban J connectivity index is 2.21. The molecule has 0 atom stereocenters. The number of likely N-dealkylation sites (N-methyl/N-ethyl adjacent to an activating group) is 2. The quantitative estimate of drug-likeness (QED) is 0.698. The second-order valence-corrected chi connectivity index (χ2v) is 4.49. The first-order chi connectivity index (χ1) is 8.24. The van der Waals surface area contributed by atoms with Gasteiger partial charge >= 0.3 is 0 Å². The van der Waals surface area contributed by atoms with Gasteiger partial charge in [0.2, 0.25) is 0 Å². The largest absolute Gasteiger partial charge is 0.396 e. The van der Waals surface area contributed by atoms with Gasteiger partial charge in [-0.1, -0.05) is 18.2 Å². The Bertz CT molecular complexity index is 290. The standard InChI is InChI=1S/C14H24N2O/c1-15(10-6-7-13-17)11-12-16(2)14-8-4-3-5-9-14/h3-5,8-9,17H,6-7,10-13H2,1-2H3. The second-order valence-electron chi connectivity index (χ2n) is 4.49. The first kappa shape index (κ1) is 14.0. The highest BCUT2D eigenvalue weighted by atomic mass is 16.2. The number of hydrogen-bond acceptors (Lipinski definition) is 3. The third-order valence-electron chi connectivity index (χ3n) is 2.96. The minimum Gasteiger partial charge on any atom is -0.396 e. The molecule has 0 fully saturated rings. The normalized spacial score (nSPS) is 10.8. The molecule has 96 valence electrons. The lowest BCUT2D eigenvalue weighted by Gasteiger charge is -2.23. The molecule has 1 rings (SSSR count). The zero-order valence-electron chi connectivity index (χ0n) is 11.0. The summed E-state index contributed by atoms with van der Waals surface area (Å²) in [5.74, 6) is 0. The predicted molar refractivity (Wildman–Crippen MR) is 73.5 cm³/mol. The summed E-state index contributed by atoms with van der Waals surface area (Å²) < 4.78 is 0. The Morgan fingerprint density at radius 1 is 0.941 bits per heavy atom. The number of aliphatic hydroxyl groups is 1. The average Bonchev–Trinajstić information content (AvgIpc) is 2.37. The smallest absolute Gasteiger partial charge is 0.0431 e. The molecule has 0 aliphatic carbocycles. The highest BCUT2D eigenvalue weighted by molar-refractivity contribution is 5.44. The van der Waals surface area contributed by atoms with Crippen LogP contribution in [0, 0.1) is 0 Å². The van der Waals surface area contributed by atoms with Gasteiger partial charge in [0.15, 0.2) is 0 Å². The number of benzene rings is 1. The summed E-state index contributed by atoms with van der Waals surface area (Å²) in [6.07, 6.45) is 1.97. The van der Waals surface area contributed by atoms with E-state index in [1.165, 1.54) is 5.69 Å². The molecule has 1 aromatic rings. The van der Waals surface area contributed by atoms with Crippen LogP contribution >= 0.6 is 0 Å². The molecule has 0 unspecified atom stereocenters. The van der Waals surface area contributed by atoms with Crippen molar-refractivity contribution in [2.45, 2.75) is 12.8 Å². The van der Waals surface area contributed by atoms with Crippen molar-refractivity contribution in [2.24, 2.45) is 0 Å². The summed E-state index contributed by atoms with van der Waals surface area (Å²) in [6.45, 7) is 3.44. The Labute approximate surface area is 105 Å². The first-order valence-electron chi connectivity index (χ1n) is 6.29. The molecule has 0 aromatic heterocycles. The number of rotatable bonds is 8. The molecule has 3 nitrogen and oxygen atoms in total. The van der Waals surface area contributed by atoms with Crippen LogP contribution < -0.4 is 4.90 Å². The fourth-order valence-corrected chi connectivity index (χ4v) is 1.74. The Morgan fingerprint density at radius 3 is 2.29 bits per heavy atom. The summed E-state index contributed by atoms with van der Waals surface area (Å²) in [5, 5.41) is 8.72. The van der Waals surface area contributed by atoms with Gasteiger partial charge < -0.3 is 14.9 Å². The molecule has 0 saturated carbocycles. The number of nitrogens with zero attached hydrogens (tertiary/aromatic N) is 2. The lowest BCUT2D eigenvalue weighted by molar-refractivity contribution is 0.265. The zero-order valence-corrected chi connectivity index (χ0v) is 11.0. The summed E-state index contributed by atoms with van der Waals surface area (Å²) in [5.41, 5.74) is 1.26. The van der Waals surface area contributed by atoms with Gasteiger partial charge in [-0.2, -0.15) is 0 Å². The molecule has 0 saturated heterocycles. The van der Waals surface area contributed by atoms with Crippen molar-refractivity contribution in [1.82, 2.24) is 4.90 Å². The van der Waals surface area contributed by atoms with E-state index in [2.05, 4.69) is 48.2 Å². The van der Waals surface area contributed by atoms with E-state index in [-0.39, 0.29) is 0 Å². The first-order valence-corrected chi connectivity index (χ1v) is 6.29. The second kappa shape index (κ2) is 8.09. The number of hydrogen-bond donors (Lipinski definition) is 1. The molecule has 0 spiro atoms. The molecule has 0 heterocycles. The fraction of sp³-hybridized carbons (Fsp3) is 0.571. The van der Waals surface area contributed by atoms with Crippen molar-refractivity contribution in [3.05, 3.63) is 30.3 Å². The number of unbranched alkanes of at least 4 members (excludes halogenated alkanes) is 1. The van der Waals surface area contributed by atoms with Crippen LogP contribution in [0.15, 0.2) is 30.3 Å². The zero-order chi connectivity index (χ0) is 12.5. The van der Waals surface area contributed by atoms with E-state index in [0.29, 0.717) is 6.61 Å². The van der Waals surface area contributed by atoms with Gasteiger partial charge in [0.25, 0.3) is 0 Å². The van der Waals surface area contributed by atoms with Gasteiger partial charge in [-0.3, -0.25) is 0 Å². The van der Waals surface area contributed by atoms with Crippen LogP contribution in [0.5, 0.6) is 0 Å². The van der Waals surface area contributed by atoms with Crippen LogP contribution in [0.25, 0.3) is 0 Å². The predicted octanol–water partition coefficient (Wildman–Crippen LogP) is 1.83. The third kappa shape index (κ3) is 5.71. The molecule has 0 amide bonds. The fourth-order valence-electron chi connectivity index (χ4n) is 1.74. The molecule has 1 N–H and O–H groups in total. The molecule has 1 aromatic carbocycles. The van der Waals surface area contributed by atoms with Crippen molar-refractivity contribution >= 4 is 5.69 Å². The van der Waals surface area contributed by atoms with Gasteiger partial charge in [0.1, 0.15) is 0 Å². The van der Waals surface area contributed by atoms with E-state index in [4.69, 9.17) is 5.11 Å². The maximum Gasteiger partial charge on any atom is 0.0431 e. The van der Waals surface area contributed by atoms with Crippen LogP contribution in [0.3, 0.4) is 0 Å². The maximum absolute atomic E-state index is 8.72.